The molecule has 1 aromatic carbocycles. The predicted octanol–water partition coefficient (Wildman–Crippen LogP) is 3.06. The highest BCUT2D eigenvalue weighted by atomic mass is 35.5. The fourth-order valence-electron chi connectivity index (χ4n) is 2.16. The summed E-state index contributed by atoms with van der Waals surface area (Å²) < 4.78 is 0. The van der Waals surface area contributed by atoms with Crippen molar-refractivity contribution in [1.82, 2.24) is 0 Å². The van der Waals surface area contributed by atoms with Crippen molar-refractivity contribution in [1.29, 1.82) is 0 Å². The Kier molecular flexibility index (Phi) is 3.87. The van der Waals surface area contributed by atoms with Crippen LogP contribution in [0.4, 0.5) is 5.69 Å². The summed E-state index contributed by atoms with van der Waals surface area (Å²) in [6, 6.07) is 5.28. The van der Waals surface area contributed by atoms with Crippen molar-refractivity contribution in [2.24, 2.45) is 5.16 Å². The van der Waals surface area contributed by atoms with E-state index in [-0.39, 0.29) is 5.91 Å². The summed E-state index contributed by atoms with van der Waals surface area (Å²) in [4.78, 5) is 13.8. The molecule has 0 bridgehead atoms. The Balaban J connectivity index is 2.43. The molecular formula is C13H15ClN2O2. The molecule has 0 unspecified atom stereocenters. The van der Waals surface area contributed by atoms with Crippen molar-refractivity contribution >= 4 is 28.9 Å². The largest absolute Gasteiger partial charge is 0.411 e. The number of amides is 1. The first kappa shape index (κ1) is 12.9. The molecule has 4 nitrogen and oxygen atoms in total. The number of halogens is 1. The molecule has 1 amide bonds. The first-order chi connectivity index (χ1) is 8.67. The van der Waals surface area contributed by atoms with Crippen LogP contribution in [-0.4, -0.2) is 23.4 Å². The lowest BCUT2D eigenvalue weighted by atomic mass is 9.99. The van der Waals surface area contributed by atoms with E-state index in [9.17, 15) is 4.79 Å². The van der Waals surface area contributed by atoms with Crippen molar-refractivity contribution in [2.45, 2.75) is 26.2 Å². The molecular weight excluding hydrogens is 252 g/mol. The van der Waals surface area contributed by atoms with Gasteiger partial charge in [-0.1, -0.05) is 23.7 Å². The third-order valence-electron chi connectivity index (χ3n) is 3.02. The van der Waals surface area contributed by atoms with Gasteiger partial charge in [-0.3, -0.25) is 4.79 Å². The normalized spacial score (nSPS) is 16.8. The van der Waals surface area contributed by atoms with E-state index in [0.29, 0.717) is 30.1 Å². The fourth-order valence-corrected chi connectivity index (χ4v) is 2.33. The van der Waals surface area contributed by atoms with Gasteiger partial charge in [0.05, 0.1) is 11.4 Å². The first-order valence-electron chi connectivity index (χ1n) is 5.98. The summed E-state index contributed by atoms with van der Waals surface area (Å²) in [5, 5.41) is 12.9. The minimum atomic E-state index is 0.0954. The van der Waals surface area contributed by atoms with Crippen molar-refractivity contribution in [2.75, 3.05) is 11.4 Å². The number of carbonyl (C=O) groups excluding carboxylic acids is 1. The lowest BCUT2D eigenvalue weighted by Crippen LogP contribution is -2.37. The fraction of sp³-hybridized carbons (Fsp3) is 0.385. The number of oxime groups is 1. The Morgan fingerprint density at radius 2 is 2.33 bits per heavy atom. The SMILES string of the molecule is CCCC(=O)N1CCC(=NO)c2cc(Cl)ccc21. The van der Waals surface area contributed by atoms with E-state index in [1.807, 2.05) is 6.92 Å². The Bertz CT molecular complexity index is 500. The van der Waals surface area contributed by atoms with Crippen LogP contribution in [-0.2, 0) is 4.79 Å². The second-order valence-electron chi connectivity index (χ2n) is 4.25. The average Bonchev–Trinajstić information content (AvgIpc) is 2.37. The molecule has 18 heavy (non-hydrogen) atoms. The number of carbonyl (C=O) groups is 1. The standard InChI is InChI=1S/C13H15ClN2O2/c1-2-3-13(17)16-7-6-11(15-18)10-8-9(14)4-5-12(10)16/h4-5,8,18H,2-3,6-7H2,1H3. The molecule has 2 rings (SSSR count). The van der Waals surface area contributed by atoms with Gasteiger partial charge in [0.2, 0.25) is 5.91 Å². The van der Waals surface area contributed by atoms with E-state index >= 15 is 0 Å². The Labute approximate surface area is 111 Å². The van der Waals surface area contributed by atoms with Gasteiger partial charge in [-0.2, -0.15) is 0 Å². The third kappa shape index (κ3) is 2.34. The molecule has 0 aromatic heterocycles. The van der Waals surface area contributed by atoms with Crippen LogP contribution in [0.2, 0.25) is 5.02 Å². The smallest absolute Gasteiger partial charge is 0.226 e. The Hall–Kier alpha value is -1.55. The van der Waals surface area contributed by atoms with Crippen LogP contribution < -0.4 is 4.90 Å². The molecule has 1 heterocycles. The van der Waals surface area contributed by atoms with Gasteiger partial charge in [0.25, 0.3) is 0 Å². The molecule has 0 saturated heterocycles. The van der Waals surface area contributed by atoms with Gasteiger partial charge < -0.3 is 10.1 Å². The zero-order valence-corrected chi connectivity index (χ0v) is 10.9. The summed E-state index contributed by atoms with van der Waals surface area (Å²) in [5.41, 5.74) is 2.09. The molecule has 1 aliphatic heterocycles. The van der Waals surface area contributed by atoms with Gasteiger partial charge >= 0.3 is 0 Å². The van der Waals surface area contributed by atoms with Gasteiger partial charge in [0.1, 0.15) is 0 Å². The van der Waals surface area contributed by atoms with Crippen molar-refractivity contribution in [3.05, 3.63) is 28.8 Å². The molecule has 0 radical (unpaired) electrons. The van der Waals surface area contributed by atoms with E-state index in [1.165, 1.54) is 0 Å². The number of hydrogen-bond acceptors (Lipinski definition) is 3. The zero-order chi connectivity index (χ0) is 13.1. The molecule has 5 heteroatoms. The van der Waals surface area contributed by atoms with E-state index in [0.717, 1.165) is 17.7 Å². The number of hydrogen-bond donors (Lipinski definition) is 1. The molecule has 0 aliphatic carbocycles. The van der Waals surface area contributed by atoms with E-state index in [1.54, 1.807) is 23.1 Å². The van der Waals surface area contributed by atoms with Gasteiger partial charge in [0, 0.05) is 30.0 Å². The molecule has 0 atom stereocenters. The molecule has 0 spiro atoms. The van der Waals surface area contributed by atoms with Crippen molar-refractivity contribution in [3.63, 3.8) is 0 Å². The number of benzene rings is 1. The van der Waals surface area contributed by atoms with Crippen LogP contribution in [0.1, 0.15) is 31.7 Å². The molecule has 1 aromatic rings. The summed E-state index contributed by atoms with van der Waals surface area (Å²) in [6.07, 6.45) is 1.88. The highest BCUT2D eigenvalue weighted by Gasteiger charge is 2.26. The minimum Gasteiger partial charge on any atom is -0.411 e. The van der Waals surface area contributed by atoms with Gasteiger partial charge in [-0.05, 0) is 24.6 Å². The van der Waals surface area contributed by atoms with E-state index in [2.05, 4.69) is 5.16 Å². The van der Waals surface area contributed by atoms with Crippen LogP contribution >= 0.6 is 11.6 Å². The number of fused-ring (bicyclic) bond motifs is 1. The zero-order valence-electron chi connectivity index (χ0n) is 10.2. The first-order valence-corrected chi connectivity index (χ1v) is 6.36. The second-order valence-corrected chi connectivity index (χ2v) is 4.69. The number of anilines is 1. The lowest BCUT2D eigenvalue weighted by Gasteiger charge is -2.30. The van der Waals surface area contributed by atoms with Crippen molar-refractivity contribution < 1.29 is 10.0 Å². The van der Waals surface area contributed by atoms with Crippen molar-refractivity contribution in [3.8, 4) is 0 Å². The predicted molar refractivity (Wildman–Crippen MR) is 71.7 cm³/mol. The van der Waals surface area contributed by atoms with Crippen LogP contribution in [0.15, 0.2) is 23.4 Å². The van der Waals surface area contributed by atoms with Gasteiger partial charge in [-0.25, -0.2) is 0 Å². The third-order valence-corrected chi connectivity index (χ3v) is 3.25. The van der Waals surface area contributed by atoms with E-state index < -0.39 is 0 Å². The molecule has 1 N–H and O–H groups in total. The maximum Gasteiger partial charge on any atom is 0.226 e. The summed E-state index contributed by atoms with van der Waals surface area (Å²) >= 11 is 5.95. The highest BCUT2D eigenvalue weighted by molar-refractivity contribution is 6.31. The Morgan fingerprint density at radius 1 is 1.56 bits per heavy atom. The molecule has 96 valence electrons. The summed E-state index contributed by atoms with van der Waals surface area (Å²) in [5.74, 6) is 0.0954. The van der Waals surface area contributed by atoms with Crippen LogP contribution in [0, 0.1) is 0 Å². The Morgan fingerprint density at radius 3 is 3.00 bits per heavy atom. The molecule has 1 aliphatic rings. The van der Waals surface area contributed by atoms with E-state index in [4.69, 9.17) is 16.8 Å². The number of nitrogens with zero attached hydrogens (tertiary/aromatic N) is 2. The monoisotopic (exact) mass is 266 g/mol. The minimum absolute atomic E-state index is 0.0954. The highest BCUT2D eigenvalue weighted by Crippen LogP contribution is 2.30. The van der Waals surface area contributed by atoms with Crippen LogP contribution in [0.3, 0.4) is 0 Å². The van der Waals surface area contributed by atoms with Crippen LogP contribution in [0.25, 0.3) is 0 Å². The molecule has 0 fully saturated rings. The number of rotatable bonds is 2. The topological polar surface area (TPSA) is 52.9 Å². The maximum absolute atomic E-state index is 12.0. The maximum atomic E-state index is 12.0. The summed E-state index contributed by atoms with van der Waals surface area (Å²) in [7, 11) is 0. The second kappa shape index (κ2) is 5.40. The lowest BCUT2D eigenvalue weighted by molar-refractivity contribution is -0.118. The summed E-state index contributed by atoms with van der Waals surface area (Å²) in [6.45, 7) is 2.53. The average molecular weight is 267 g/mol. The molecule has 0 saturated carbocycles. The van der Waals surface area contributed by atoms with Gasteiger partial charge in [0.15, 0.2) is 0 Å². The van der Waals surface area contributed by atoms with Gasteiger partial charge in [-0.15, -0.1) is 0 Å². The quantitative estimate of drug-likeness (QED) is 0.661. The van der Waals surface area contributed by atoms with Crippen LogP contribution in [0.5, 0.6) is 0 Å².